The van der Waals surface area contributed by atoms with E-state index in [2.05, 4.69) is 0 Å². The standard InChI is InChI=1S/C12H13ClN2O5S/c1-6(11(18)15-12(14)19)20-10(17)5-2-7(16)8-3-4-9(13)21-8/h3-4,6H,2,5H2,1H3,(H3,14,15,18,19)/t6-/m1/s1. The Morgan fingerprint density at radius 3 is 2.52 bits per heavy atom. The van der Waals surface area contributed by atoms with E-state index in [1.807, 2.05) is 0 Å². The van der Waals surface area contributed by atoms with Crippen molar-refractivity contribution in [2.24, 2.45) is 5.73 Å². The number of hydrogen-bond acceptors (Lipinski definition) is 6. The van der Waals surface area contributed by atoms with Gasteiger partial charge in [-0.15, -0.1) is 11.3 Å². The summed E-state index contributed by atoms with van der Waals surface area (Å²) in [7, 11) is 0. The van der Waals surface area contributed by atoms with E-state index in [4.69, 9.17) is 22.1 Å². The summed E-state index contributed by atoms with van der Waals surface area (Å²) < 4.78 is 5.25. The van der Waals surface area contributed by atoms with Gasteiger partial charge in [0.2, 0.25) is 0 Å². The zero-order chi connectivity index (χ0) is 16.0. The number of thiophene rings is 1. The Hall–Kier alpha value is -1.93. The van der Waals surface area contributed by atoms with Gasteiger partial charge in [-0.3, -0.25) is 19.7 Å². The lowest BCUT2D eigenvalue weighted by atomic mass is 10.2. The molecule has 114 valence electrons. The maximum Gasteiger partial charge on any atom is 0.318 e. The lowest BCUT2D eigenvalue weighted by Crippen LogP contribution is -2.42. The van der Waals surface area contributed by atoms with Crippen molar-refractivity contribution in [3.63, 3.8) is 0 Å². The first-order chi connectivity index (χ1) is 9.79. The van der Waals surface area contributed by atoms with E-state index in [-0.39, 0.29) is 18.6 Å². The van der Waals surface area contributed by atoms with Crippen LogP contribution in [0, 0.1) is 0 Å². The van der Waals surface area contributed by atoms with Crippen LogP contribution in [-0.4, -0.2) is 29.8 Å². The number of ether oxygens (including phenoxy) is 1. The van der Waals surface area contributed by atoms with Crippen LogP contribution in [0.5, 0.6) is 0 Å². The van der Waals surface area contributed by atoms with Crippen molar-refractivity contribution in [1.29, 1.82) is 0 Å². The lowest BCUT2D eigenvalue weighted by Gasteiger charge is -2.11. The highest BCUT2D eigenvalue weighted by Gasteiger charge is 2.20. The van der Waals surface area contributed by atoms with Crippen molar-refractivity contribution >= 4 is 46.6 Å². The predicted molar refractivity (Wildman–Crippen MR) is 76.2 cm³/mol. The van der Waals surface area contributed by atoms with Gasteiger partial charge in [0, 0.05) is 6.42 Å². The molecule has 0 aliphatic heterocycles. The number of nitrogens with two attached hydrogens (primary N) is 1. The number of Topliss-reactive ketones (excluding diaryl/α,β-unsaturated/α-hetero) is 1. The van der Waals surface area contributed by atoms with E-state index in [0.717, 1.165) is 11.3 Å². The molecule has 0 bridgehead atoms. The summed E-state index contributed by atoms with van der Waals surface area (Å²) in [5.74, 6) is -1.79. The minimum absolute atomic E-state index is 0.0557. The van der Waals surface area contributed by atoms with Crippen molar-refractivity contribution in [3.8, 4) is 0 Å². The van der Waals surface area contributed by atoms with Crippen molar-refractivity contribution in [3.05, 3.63) is 21.3 Å². The SMILES string of the molecule is C[C@@H](OC(=O)CCC(=O)c1ccc(Cl)s1)C(=O)NC(N)=O. The van der Waals surface area contributed by atoms with Gasteiger partial charge in [0.25, 0.3) is 5.91 Å². The number of halogens is 1. The molecule has 0 fully saturated rings. The number of imide groups is 1. The van der Waals surface area contributed by atoms with Crippen molar-refractivity contribution < 1.29 is 23.9 Å². The van der Waals surface area contributed by atoms with Crippen molar-refractivity contribution in [2.45, 2.75) is 25.9 Å². The second-order valence-corrected chi connectivity index (χ2v) is 5.73. The molecule has 3 amide bonds. The van der Waals surface area contributed by atoms with Crippen molar-refractivity contribution in [2.75, 3.05) is 0 Å². The molecule has 1 atom stereocenters. The molecule has 9 heteroatoms. The zero-order valence-corrected chi connectivity index (χ0v) is 12.6. The predicted octanol–water partition coefficient (Wildman–Crippen LogP) is 1.49. The number of amides is 3. The number of urea groups is 1. The van der Waals surface area contributed by atoms with Gasteiger partial charge >= 0.3 is 12.0 Å². The van der Waals surface area contributed by atoms with Crippen LogP contribution in [0.3, 0.4) is 0 Å². The summed E-state index contributed by atoms with van der Waals surface area (Å²) in [4.78, 5) is 45.4. The second-order valence-electron chi connectivity index (χ2n) is 4.01. The average molecular weight is 333 g/mol. The first-order valence-corrected chi connectivity index (χ1v) is 7.07. The first kappa shape index (κ1) is 17.1. The summed E-state index contributed by atoms with van der Waals surface area (Å²) >= 11 is 6.83. The molecule has 0 aliphatic rings. The molecule has 3 N–H and O–H groups in total. The highest BCUT2D eigenvalue weighted by molar-refractivity contribution is 7.18. The van der Waals surface area contributed by atoms with E-state index in [1.165, 1.54) is 6.92 Å². The fourth-order valence-electron chi connectivity index (χ4n) is 1.34. The third-order valence-electron chi connectivity index (χ3n) is 2.33. The molecule has 1 rings (SSSR count). The molecule has 0 aromatic carbocycles. The number of ketones is 1. The summed E-state index contributed by atoms with van der Waals surface area (Å²) in [5, 5.41) is 1.78. The number of nitrogens with one attached hydrogen (secondary N) is 1. The molecule has 7 nitrogen and oxygen atoms in total. The van der Waals surface area contributed by atoms with Crippen LogP contribution in [-0.2, 0) is 14.3 Å². The third-order valence-corrected chi connectivity index (χ3v) is 3.60. The Morgan fingerprint density at radius 2 is 2.00 bits per heavy atom. The molecular weight excluding hydrogens is 320 g/mol. The summed E-state index contributed by atoms with van der Waals surface area (Å²) in [6.07, 6.45) is -1.40. The Bertz CT molecular complexity index is 572. The normalized spacial score (nSPS) is 11.5. The lowest BCUT2D eigenvalue weighted by molar-refractivity contribution is -0.154. The summed E-state index contributed by atoms with van der Waals surface area (Å²) in [6.45, 7) is 1.29. The quantitative estimate of drug-likeness (QED) is 0.604. The molecule has 1 heterocycles. The van der Waals surface area contributed by atoms with Crippen LogP contribution >= 0.6 is 22.9 Å². The molecule has 0 aliphatic carbocycles. The largest absolute Gasteiger partial charge is 0.453 e. The van der Waals surface area contributed by atoms with Gasteiger partial charge in [0.15, 0.2) is 11.9 Å². The average Bonchev–Trinajstić information content (AvgIpc) is 2.81. The van der Waals surface area contributed by atoms with Gasteiger partial charge in [-0.05, 0) is 19.1 Å². The molecule has 1 aromatic rings. The van der Waals surface area contributed by atoms with Gasteiger partial charge in [-0.1, -0.05) is 11.6 Å². The summed E-state index contributed by atoms with van der Waals surface area (Å²) in [6, 6.07) is 2.13. The van der Waals surface area contributed by atoms with Crippen LogP contribution in [0.2, 0.25) is 4.34 Å². The van der Waals surface area contributed by atoms with Gasteiger partial charge in [-0.25, -0.2) is 4.79 Å². The highest BCUT2D eigenvalue weighted by Crippen LogP contribution is 2.22. The monoisotopic (exact) mass is 332 g/mol. The minimum Gasteiger partial charge on any atom is -0.453 e. The first-order valence-electron chi connectivity index (χ1n) is 5.88. The Labute approximate surface area is 129 Å². The number of esters is 1. The number of rotatable bonds is 6. The van der Waals surface area contributed by atoms with E-state index in [1.54, 1.807) is 17.4 Å². The number of primary amides is 1. The molecule has 0 spiro atoms. The van der Waals surface area contributed by atoms with Crippen LogP contribution in [0.4, 0.5) is 4.79 Å². The van der Waals surface area contributed by atoms with Crippen LogP contribution in [0.25, 0.3) is 0 Å². The van der Waals surface area contributed by atoms with Gasteiger partial charge < -0.3 is 10.5 Å². The summed E-state index contributed by atoms with van der Waals surface area (Å²) in [5.41, 5.74) is 4.76. The molecular formula is C12H13ClN2O5S. The third kappa shape index (κ3) is 5.92. The minimum atomic E-state index is -1.17. The molecule has 21 heavy (non-hydrogen) atoms. The fraction of sp³-hybridized carbons (Fsp3) is 0.333. The topological polar surface area (TPSA) is 116 Å². The number of carbonyl (C=O) groups excluding carboxylic acids is 4. The van der Waals surface area contributed by atoms with Crippen LogP contribution < -0.4 is 11.1 Å². The van der Waals surface area contributed by atoms with Crippen LogP contribution in [0.1, 0.15) is 29.4 Å². The number of hydrogen-bond donors (Lipinski definition) is 2. The smallest absolute Gasteiger partial charge is 0.318 e. The van der Waals surface area contributed by atoms with E-state index < -0.39 is 24.0 Å². The van der Waals surface area contributed by atoms with Gasteiger partial charge in [-0.2, -0.15) is 0 Å². The maximum absolute atomic E-state index is 11.7. The van der Waals surface area contributed by atoms with E-state index in [9.17, 15) is 19.2 Å². The van der Waals surface area contributed by atoms with E-state index in [0.29, 0.717) is 9.21 Å². The van der Waals surface area contributed by atoms with Gasteiger partial charge in [0.05, 0.1) is 15.6 Å². The van der Waals surface area contributed by atoms with Crippen LogP contribution in [0.15, 0.2) is 12.1 Å². The Balaban J connectivity index is 2.38. The van der Waals surface area contributed by atoms with Gasteiger partial charge in [0.1, 0.15) is 0 Å². The Morgan fingerprint density at radius 1 is 1.33 bits per heavy atom. The fourth-order valence-corrected chi connectivity index (χ4v) is 2.35. The molecule has 0 saturated heterocycles. The zero-order valence-electron chi connectivity index (χ0n) is 11.1. The Kier molecular flexibility index (Phi) is 6.32. The van der Waals surface area contributed by atoms with Crippen molar-refractivity contribution in [1.82, 2.24) is 5.32 Å². The van der Waals surface area contributed by atoms with E-state index >= 15 is 0 Å². The number of carbonyl (C=O) groups is 4. The molecule has 0 radical (unpaired) electrons. The molecule has 0 unspecified atom stereocenters. The maximum atomic E-state index is 11.7. The molecule has 0 saturated carbocycles. The second kappa shape index (κ2) is 7.75. The highest BCUT2D eigenvalue weighted by atomic mass is 35.5. The molecule has 1 aromatic heterocycles.